The van der Waals surface area contributed by atoms with Crippen molar-refractivity contribution in [3.63, 3.8) is 0 Å². The summed E-state index contributed by atoms with van der Waals surface area (Å²) in [5, 5.41) is 0.399. The van der Waals surface area contributed by atoms with E-state index in [0.717, 1.165) is 12.2 Å². The third-order valence-corrected chi connectivity index (χ3v) is 4.32. The predicted molar refractivity (Wildman–Crippen MR) is 72.9 cm³/mol. The first-order valence-corrected chi connectivity index (χ1v) is 6.82. The van der Waals surface area contributed by atoms with E-state index in [0.29, 0.717) is 10.8 Å². The number of halogens is 1. The minimum atomic E-state index is 0.399. The van der Waals surface area contributed by atoms with Crippen molar-refractivity contribution in [2.45, 2.75) is 44.4 Å². The molecule has 0 N–H and O–H groups in total. The van der Waals surface area contributed by atoms with Crippen molar-refractivity contribution in [3.8, 4) is 5.75 Å². The number of benzene rings is 1. The van der Waals surface area contributed by atoms with E-state index in [4.69, 9.17) is 16.3 Å². The molecule has 1 saturated carbocycles. The van der Waals surface area contributed by atoms with Crippen LogP contribution in [0.4, 0.5) is 0 Å². The second-order valence-corrected chi connectivity index (χ2v) is 6.12. The van der Waals surface area contributed by atoms with Gasteiger partial charge in [-0.3, -0.25) is 0 Å². The van der Waals surface area contributed by atoms with Gasteiger partial charge in [-0.15, -0.1) is 11.6 Å². The molecule has 2 atom stereocenters. The van der Waals surface area contributed by atoms with E-state index in [1.54, 1.807) is 7.11 Å². The van der Waals surface area contributed by atoms with E-state index < -0.39 is 0 Å². The highest BCUT2D eigenvalue weighted by Gasteiger charge is 2.33. The van der Waals surface area contributed by atoms with E-state index in [1.165, 1.54) is 31.2 Å². The molecule has 1 aliphatic carbocycles. The molecule has 2 heteroatoms. The Kier molecular flexibility index (Phi) is 3.98. The van der Waals surface area contributed by atoms with Crippen LogP contribution >= 0.6 is 11.6 Å². The van der Waals surface area contributed by atoms with Gasteiger partial charge in [0.25, 0.3) is 0 Å². The summed E-state index contributed by atoms with van der Waals surface area (Å²) in [6.45, 7) is 2.37. The summed E-state index contributed by atoms with van der Waals surface area (Å²) in [5.41, 5.74) is 1.84. The molecule has 1 aromatic carbocycles. The van der Waals surface area contributed by atoms with Crippen molar-refractivity contribution >= 4 is 11.6 Å². The highest BCUT2D eigenvalue weighted by atomic mass is 35.5. The van der Waals surface area contributed by atoms with Gasteiger partial charge in [0.1, 0.15) is 5.75 Å². The minimum absolute atomic E-state index is 0.399. The molecule has 1 fully saturated rings. The lowest BCUT2D eigenvalue weighted by atomic mass is 9.83. The Hall–Kier alpha value is -0.690. The van der Waals surface area contributed by atoms with Gasteiger partial charge in [0.15, 0.2) is 0 Å². The molecule has 0 amide bonds. The van der Waals surface area contributed by atoms with Gasteiger partial charge in [-0.2, -0.15) is 0 Å². The normalized spacial score (nSPS) is 28.3. The monoisotopic (exact) mass is 252 g/mol. The van der Waals surface area contributed by atoms with Crippen LogP contribution < -0.4 is 4.74 Å². The number of methoxy groups -OCH3 is 1. The number of aryl methyl sites for hydroxylation is 1. The van der Waals surface area contributed by atoms with E-state index in [-0.39, 0.29) is 0 Å². The largest absolute Gasteiger partial charge is 0.497 e. The molecule has 1 aliphatic rings. The third kappa shape index (κ3) is 3.38. The van der Waals surface area contributed by atoms with Crippen LogP contribution in [-0.2, 0) is 6.42 Å². The van der Waals surface area contributed by atoms with E-state index in [9.17, 15) is 0 Å². The summed E-state index contributed by atoms with van der Waals surface area (Å²) in [4.78, 5) is 0. The van der Waals surface area contributed by atoms with Crippen LogP contribution in [0.15, 0.2) is 24.3 Å². The number of hydrogen-bond donors (Lipinski definition) is 0. The summed E-state index contributed by atoms with van der Waals surface area (Å²) >= 11 is 6.20. The van der Waals surface area contributed by atoms with Crippen LogP contribution in [0.5, 0.6) is 5.75 Å². The van der Waals surface area contributed by atoms with Crippen LogP contribution in [0.3, 0.4) is 0 Å². The van der Waals surface area contributed by atoms with Gasteiger partial charge in [0.2, 0.25) is 0 Å². The van der Waals surface area contributed by atoms with Crippen LogP contribution in [0.2, 0.25) is 0 Å². The Bertz CT molecular complexity index is 360. The lowest BCUT2D eigenvalue weighted by Crippen LogP contribution is -2.13. The highest BCUT2D eigenvalue weighted by molar-refractivity contribution is 6.20. The molecule has 0 heterocycles. The molecule has 17 heavy (non-hydrogen) atoms. The first kappa shape index (κ1) is 12.8. The molecule has 1 aromatic rings. The maximum absolute atomic E-state index is 6.20. The van der Waals surface area contributed by atoms with Gasteiger partial charge in [0, 0.05) is 5.38 Å². The van der Waals surface area contributed by atoms with Crippen LogP contribution in [0.25, 0.3) is 0 Å². The fraction of sp³-hybridized carbons (Fsp3) is 0.600. The van der Waals surface area contributed by atoms with Gasteiger partial charge in [-0.1, -0.05) is 19.1 Å². The second kappa shape index (κ2) is 5.30. The van der Waals surface area contributed by atoms with Crippen molar-refractivity contribution in [2.24, 2.45) is 5.41 Å². The molecule has 1 nitrogen and oxygen atoms in total. The zero-order chi connectivity index (χ0) is 12.3. The van der Waals surface area contributed by atoms with Gasteiger partial charge in [-0.25, -0.2) is 0 Å². The van der Waals surface area contributed by atoms with Crippen molar-refractivity contribution in [3.05, 3.63) is 29.8 Å². The first-order chi connectivity index (χ1) is 8.11. The number of ether oxygens (including phenoxy) is 1. The molecule has 0 saturated heterocycles. The molecule has 0 spiro atoms. The molecule has 0 aromatic heterocycles. The summed E-state index contributed by atoms with van der Waals surface area (Å²) in [7, 11) is 1.70. The number of hydrogen-bond acceptors (Lipinski definition) is 1. The maximum atomic E-state index is 6.20. The predicted octanol–water partition coefficient (Wildman–Crippen LogP) is 4.43. The Morgan fingerprint density at radius 3 is 2.59 bits per heavy atom. The molecule has 0 aliphatic heterocycles. The molecule has 2 unspecified atom stereocenters. The smallest absolute Gasteiger partial charge is 0.118 e. The minimum Gasteiger partial charge on any atom is -0.497 e. The molecule has 2 rings (SSSR count). The second-order valence-electron chi connectivity index (χ2n) is 5.50. The Morgan fingerprint density at radius 2 is 2.06 bits per heavy atom. The molecule has 0 radical (unpaired) electrons. The SMILES string of the molecule is COc1ccc(CCC2(C)CCC(Cl)C2)cc1. The van der Waals surface area contributed by atoms with Gasteiger partial charge in [0.05, 0.1) is 7.11 Å². The number of alkyl halides is 1. The standard InChI is InChI=1S/C15H21ClO/c1-15(10-8-13(16)11-15)9-7-12-3-5-14(17-2)6-4-12/h3-6,13H,7-11H2,1-2H3. The Labute approximate surface area is 109 Å². The van der Waals surface area contributed by atoms with Crippen LogP contribution in [-0.4, -0.2) is 12.5 Å². The fourth-order valence-electron chi connectivity index (χ4n) is 2.71. The van der Waals surface area contributed by atoms with E-state index >= 15 is 0 Å². The zero-order valence-electron chi connectivity index (χ0n) is 10.7. The van der Waals surface area contributed by atoms with E-state index in [2.05, 4.69) is 19.1 Å². The maximum Gasteiger partial charge on any atom is 0.118 e. The molecular weight excluding hydrogens is 232 g/mol. The first-order valence-electron chi connectivity index (χ1n) is 6.38. The quantitative estimate of drug-likeness (QED) is 0.721. The zero-order valence-corrected chi connectivity index (χ0v) is 11.5. The van der Waals surface area contributed by atoms with Crippen molar-refractivity contribution < 1.29 is 4.74 Å². The Balaban J connectivity index is 1.89. The fourth-order valence-corrected chi connectivity index (χ4v) is 3.19. The average molecular weight is 253 g/mol. The Morgan fingerprint density at radius 1 is 1.35 bits per heavy atom. The van der Waals surface area contributed by atoms with Crippen LogP contribution in [0.1, 0.15) is 38.2 Å². The summed E-state index contributed by atoms with van der Waals surface area (Å²) in [6.07, 6.45) is 6.01. The average Bonchev–Trinajstić information content (AvgIpc) is 2.68. The number of rotatable bonds is 4. The van der Waals surface area contributed by atoms with Crippen molar-refractivity contribution in [1.29, 1.82) is 0 Å². The van der Waals surface area contributed by atoms with Crippen LogP contribution in [0, 0.1) is 5.41 Å². The van der Waals surface area contributed by atoms with Crippen molar-refractivity contribution in [1.82, 2.24) is 0 Å². The lowest BCUT2D eigenvalue weighted by molar-refractivity contribution is 0.309. The van der Waals surface area contributed by atoms with Gasteiger partial charge >= 0.3 is 0 Å². The van der Waals surface area contributed by atoms with Gasteiger partial charge < -0.3 is 4.74 Å². The summed E-state index contributed by atoms with van der Waals surface area (Å²) < 4.78 is 5.16. The molecule has 0 bridgehead atoms. The molecule has 94 valence electrons. The van der Waals surface area contributed by atoms with E-state index in [1.807, 2.05) is 12.1 Å². The third-order valence-electron chi connectivity index (χ3n) is 3.95. The molecular formula is C15H21ClO. The van der Waals surface area contributed by atoms with Crippen molar-refractivity contribution in [2.75, 3.05) is 7.11 Å². The lowest BCUT2D eigenvalue weighted by Gasteiger charge is -2.23. The summed E-state index contributed by atoms with van der Waals surface area (Å²) in [6, 6.07) is 8.40. The topological polar surface area (TPSA) is 9.23 Å². The summed E-state index contributed by atoms with van der Waals surface area (Å²) in [5.74, 6) is 0.932. The van der Waals surface area contributed by atoms with Gasteiger partial charge in [-0.05, 0) is 55.2 Å². The highest BCUT2D eigenvalue weighted by Crippen LogP contribution is 2.43.